The Kier molecular flexibility index (Phi) is 10.8. The van der Waals surface area contributed by atoms with Crippen molar-refractivity contribution in [2.45, 2.75) is 52.1 Å². The van der Waals surface area contributed by atoms with E-state index in [0.717, 1.165) is 12.8 Å². The first-order valence-corrected chi connectivity index (χ1v) is 19.2. The maximum atomic E-state index is 4.89. The molecule has 0 atom stereocenters. The topological polar surface area (TPSA) is 0 Å². The van der Waals surface area contributed by atoms with E-state index >= 15 is 0 Å². The van der Waals surface area contributed by atoms with Crippen molar-refractivity contribution >= 4 is 35.0 Å². The summed E-state index contributed by atoms with van der Waals surface area (Å²) in [5.41, 5.74) is 0. The average molecular weight is 441 g/mol. The zero-order valence-electron chi connectivity index (χ0n) is 13.9. The summed E-state index contributed by atoms with van der Waals surface area (Å²) in [6.07, 6.45) is 17.6. The molecule has 0 aromatic heterocycles. The monoisotopic (exact) mass is 442 g/mol. The number of hydrogen-bond donors (Lipinski definition) is 0. The molecular formula is C16H26Cl2MoSi2-2. The molecule has 0 saturated heterocycles. The van der Waals surface area contributed by atoms with Crippen LogP contribution in [0.1, 0.15) is 12.8 Å². The summed E-state index contributed by atoms with van der Waals surface area (Å²) in [5.74, 6) is 0. The van der Waals surface area contributed by atoms with Gasteiger partial charge in [-0.05, 0) is 0 Å². The predicted octanol–water partition coefficient (Wildman–Crippen LogP) is 6.48. The molecular weight excluding hydrogens is 415 g/mol. The van der Waals surface area contributed by atoms with Gasteiger partial charge in [0.1, 0.15) is 0 Å². The van der Waals surface area contributed by atoms with Gasteiger partial charge in [0.05, 0.1) is 0 Å². The molecule has 0 aromatic rings. The average Bonchev–Trinajstić information content (AvgIpc) is 3.03. The first-order chi connectivity index (χ1) is 9.62. The van der Waals surface area contributed by atoms with Gasteiger partial charge < -0.3 is 0 Å². The van der Waals surface area contributed by atoms with Crippen molar-refractivity contribution in [2.75, 3.05) is 0 Å². The molecule has 2 aliphatic carbocycles. The van der Waals surface area contributed by atoms with Gasteiger partial charge >= 0.3 is 35.3 Å². The van der Waals surface area contributed by atoms with Crippen molar-refractivity contribution in [3.63, 3.8) is 0 Å². The SMILES string of the molecule is C[Si](C)(C)C1=[C-]CC=C1.C[Si](C)(C)C1=[C-]CC=C1.[Cl][Mo][Cl]. The van der Waals surface area contributed by atoms with Gasteiger partial charge in [0, 0.05) is 16.1 Å². The molecule has 0 amide bonds. The van der Waals surface area contributed by atoms with Gasteiger partial charge in [0.15, 0.2) is 0 Å². The van der Waals surface area contributed by atoms with Gasteiger partial charge in [-0.1, -0.05) is 39.3 Å². The Hall–Kier alpha value is 0.662. The Balaban J connectivity index is 0.000000322. The van der Waals surface area contributed by atoms with Crippen LogP contribution in [0.4, 0.5) is 0 Å². The normalized spacial score (nSPS) is 16.6. The van der Waals surface area contributed by atoms with E-state index in [-0.39, 0.29) is 0 Å². The van der Waals surface area contributed by atoms with Gasteiger partial charge in [-0.25, -0.2) is 22.5 Å². The molecule has 0 spiro atoms. The molecule has 0 radical (unpaired) electrons. The number of hydrogen-bond acceptors (Lipinski definition) is 0. The molecule has 0 saturated carbocycles. The summed E-state index contributed by atoms with van der Waals surface area (Å²) >= 11 is -0.586. The fourth-order valence-corrected chi connectivity index (χ4v) is 4.34. The van der Waals surface area contributed by atoms with Crippen molar-refractivity contribution in [1.29, 1.82) is 0 Å². The quantitative estimate of drug-likeness (QED) is 0.340. The molecule has 5 heteroatoms. The third kappa shape index (κ3) is 10.1. The van der Waals surface area contributed by atoms with Gasteiger partial charge in [-0.3, -0.25) is 12.2 Å². The van der Waals surface area contributed by atoms with Crippen molar-refractivity contribution in [1.82, 2.24) is 0 Å². The van der Waals surface area contributed by atoms with E-state index in [1.165, 1.54) is 10.4 Å². The van der Waals surface area contributed by atoms with Gasteiger partial charge in [-0.15, -0.1) is 12.8 Å². The standard InChI is InChI=1S/2C8H13Si.2ClH.Mo/c2*1-9(2,3)8-6-4-5-7-8;;;/h2*4,6H,5H2,1-3H3;2*1H;/q2*-1;;;+2/p-2. The van der Waals surface area contributed by atoms with E-state index in [0.29, 0.717) is 0 Å². The van der Waals surface area contributed by atoms with E-state index in [1.807, 2.05) is 0 Å². The van der Waals surface area contributed by atoms with Crippen LogP contribution in [0.15, 0.2) is 34.7 Å². The van der Waals surface area contributed by atoms with E-state index in [9.17, 15) is 0 Å². The molecule has 0 aromatic carbocycles. The fourth-order valence-electron chi connectivity index (χ4n) is 1.84. The number of rotatable bonds is 2. The van der Waals surface area contributed by atoms with E-state index in [2.05, 4.69) is 75.7 Å². The first-order valence-electron chi connectivity index (χ1n) is 7.08. The Bertz CT molecular complexity index is 385. The molecule has 120 valence electrons. The molecule has 21 heavy (non-hydrogen) atoms. The number of halogens is 2. The van der Waals surface area contributed by atoms with E-state index < -0.39 is 32.6 Å². The first kappa shape index (κ1) is 21.7. The third-order valence-electron chi connectivity index (χ3n) is 3.01. The second-order valence-electron chi connectivity index (χ2n) is 6.95. The Morgan fingerprint density at radius 2 is 1.10 bits per heavy atom. The summed E-state index contributed by atoms with van der Waals surface area (Å²) in [7, 11) is 7.78. The minimum atomic E-state index is -1.01. The van der Waals surface area contributed by atoms with Crippen molar-refractivity contribution in [2.24, 2.45) is 0 Å². The molecule has 0 N–H and O–H groups in total. The van der Waals surface area contributed by atoms with Crippen LogP contribution in [-0.2, 0) is 16.5 Å². The van der Waals surface area contributed by atoms with E-state index in [1.54, 1.807) is 0 Å². The minimum absolute atomic E-state index is 0.586. The second-order valence-corrected chi connectivity index (χ2v) is 20.1. The second kappa shape index (κ2) is 10.4. The van der Waals surface area contributed by atoms with Crippen molar-refractivity contribution in [3.8, 4) is 0 Å². The summed E-state index contributed by atoms with van der Waals surface area (Å²) in [4.78, 5) is 0. The summed E-state index contributed by atoms with van der Waals surface area (Å²) in [6, 6.07) is 0. The molecule has 0 unspecified atom stereocenters. The third-order valence-corrected chi connectivity index (χ3v) is 6.92. The molecule has 0 aliphatic heterocycles. The van der Waals surface area contributed by atoms with Gasteiger partial charge in [0.2, 0.25) is 0 Å². The molecule has 0 fully saturated rings. The zero-order valence-corrected chi connectivity index (χ0v) is 19.4. The van der Waals surface area contributed by atoms with Gasteiger partial charge in [-0.2, -0.15) is 12.2 Å². The predicted molar refractivity (Wildman–Crippen MR) is 99.4 cm³/mol. The molecule has 0 heterocycles. The summed E-state index contributed by atoms with van der Waals surface area (Å²) < 4.78 is 0. The Morgan fingerprint density at radius 1 is 0.810 bits per heavy atom. The summed E-state index contributed by atoms with van der Waals surface area (Å²) in [6.45, 7) is 14.1. The Labute approximate surface area is 149 Å². The molecule has 2 rings (SSSR count). The van der Waals surface area contributed by atoms with Crippen LogP contribution >= 0.6 is 18.8 Å². The van der Waals surface area contributed by atoms with Crippen molar-refractivity contribution < 1.29 is 16.5 Å². The molecule has 2 aliphatic rings. The van der Waals surface area contributed by atoms with Crippen LogP contribution in [0.3, 0.4) is 0 Å². The molecule has 0 bridgehead atoms. The van der Waals surface area contributed by atoms with Gasteiger partial charge in [0.25, 0.3) is 0 Å². The van der Waals surface area contributed by atoms with Crippen LogP contribution in [0.25, 0.3) is 0 Å². The van der Waals surface area contributed by atoms with Crippen LogP contribution in [0, 0.1) is 12.2 Å². The van der Waals surface area contributed by atoms with Crippen LogP contribution in [-0.4, -0.2) is 16.1 Å². The summed E-state index contributed by atoms with van der Waals surface area (Å²) in [5, 5.41) is 2.98. The maximum absolute atomic E-state index is 4.89. The zero-order chi connectivity index (χ0) is 16.5. The van der Waals surface area contributed by atoms with Crippen LogP contribution in [0.5, 0.6) is 0 Å². The Morgan fingerprint density at radius 3 is 1.19 bits per heavy atom. The van der Waals surface area contributed by atoms with Crippen LogP contribution < -0.4 is 0 Å². The van der Waals surface area contributed by atoms with Crippen LogP contribution in [0.2, 0.25) is 39.3 Å². The fraction of sp³-hybridized carbons (Fsp3) is 0.500. The number of allylic oxidation sites excluding steroid dienone is 8. The molecule has 0 nitrogen and oxygen atoms in total. The van der Waals surface area contributed by atoms with E-state index in [4.69, 9.17) is 18.8 Å². The van der Waals surface area contributed by atoms with Crippen molar-refractivity contribution in [3.05, 3.63) is 46.8 Å².